The number of nitrogens with zero attached hydrogens (tertiary/aromatic N) is 1. The second-order valence-electron chi connectivity index (χ2n) is 6.98. The zero-order valence-corrected chi connectivity index (χ0v) is 16.8. The molecule has 1 N–H and O–H groups in total. The van der Waals surface area contributed by atoms with E-state index in [9.17, 15) is 4.79 Å². The highest BCUT2D eigenvalue weighted by atomic mass is 16.5. The number of aryl methyl sites for hydroxylation is 1. The minimum absolute atomic E-state index is 0.0505. The van der Waals surface area contributed by atoms with Gasteiger partial charge in [-0.1, -0.05) is 24.3 Å². The third-order valence-corrected chi connectivity index (χ3v) is 5.32. The molecule has 1 aliphatic rings. The predicted molar refractivity (Wildman–Crippen MR) is 111 cm³/mol. The van der Waals surface area contributed by atoms with Crippen molar-refractivity contribution in [2.24, 2.45) is 0 Å². The number of hydrogen-bond acceptors (Lipinski definition) is 4. The van der Waals surface area contributed by atoms with Crippen molar-refractivity contribution < 1.29 is 14.3 Å². The molecule has 28 heavy (non-hydrogen) atoms. The summed E-state index contributed by atoms with van der Waals surface area (Å²) in [5, 5.41) is 3.12. The lowest BCUT2D eigenvalue weighted by atomic mass is 9.91. The van der Waals surface area contributed by atoms with E-state index in [2.05, 4.69) is 22.9 Å². The minimum Gasteiger partial charge on any atom is -0.493 e. The number of hydrogen-bond donors (Lipinski definition) is 1. The van der Waals surface area contributed by atoms with Gasteiger partial charge >= 0.3 is 0 Å². The first-order valence-electron chi connectivity index (χ1n) is 9.52. The Morgan fingerprint density at radius 2 is 1.96 bits per heavy atom. The van der Waals surface area contributed by atoms with Crippen LogP contribution in [0.25, 0.3) is 0 Å². The number of benzene rings is 2. The van der Waals surface area contributed by atoms with Crippen LogP contribution >= 0.6 is 0 Å². The average molecular weight is 380 g/mol. The van der Waals surface area contributed by atoms with Crippen LogP contribution in [0, 0.1) is 6.92 Å². The van der Waals surface area contributed by atoms with Crippen molar-refractivity contribution in [3.8, 4) is 11.5 Å². The largest absolute Gasteiger partial charge is 0.493 e. The summed E-state index contributed by atoms with van der Waals surface area (Å²) >= 11 is 0. The van der Waals surface area contributed by atoms with Crippen LogP contribution in [-0.4, -0.2) is 44.7 Å². The molecule has 0 spiro atoms. The lowest BCUT2D eigenvalue weighted by Gasteiger charge is -2.37. The third kappa shape index (κ3) is 4.04. The second kappa shape index (κ2) is 8.93. The fourth-order valence-corrected chi connectivity index (χ4v) is 3.82. The zero-order valence-electron chi connectivity index (χ0n) is 16.8. The summed E-state index contributed by atoms with van der Waals surface area (Å²) in [4.78, 5) is 15.0. The summed E-state index contributed by atoms with van der Waals surface area (Å²) in [5.41, 5.74) is 4.07. The second-order valence-corrected chi connectivity index (χ2v) is 6.98. The first kappa shape index (κ1) is 20.0. The first-order chi connectivity index (χ1) is 13.6. The number of fused-ring (bicyclic) bond motifs is 1. The average Bonchev–Trinajstić information content (AvgIpc) is 2.72. The van der Waals surface area contributed by atoms with Crippen LogP contribution in [0.3, 0.4) is 0 Å². The minimum atomic E-state index is -0.0516. The molecule has 0 saturated heterocycles. The number of ether oxygens (including phenoxy) is 2. The normalized spacial score (nSPS) is 16.2. The predicted octanol–water partition coefficient (Wildman–Crippen LogP) is 3.53. The van der Waals surface area contributed by atoms with Gasteiger partial charge in [-0.05, 0) is 48.2 Å². The summed E-state index contributed by atoms with van der Waals surface area (Å²) < 4.78 is 11.0. The van der Waals surface area contributed by atoms with E-state index in [1.807, 2.05) is 43.3 Å². The molecule has 0 saturated carbocycles. The lowest BCUT2D eigenvalue weighted by Crippen LogP contribution is -2.42. The van der Waals surface area contributed by atoms with Crippen LogP contribution in [0.15, 0.2) is 49.1 Å². The molecule has 1 aliphatic heterocycles. The highest BCUT2D eigenvalue weighted by Gasteiger charge is 2.29. The van der Waals surface area contributed by atoms with Gasteiger partial charge in [-0.25, -0.2) is 0 Å². The first-order valence-corrected chi connectivity index (χ1v) is 9.52. The SMILES string of the molecule is C=CCN1CCc2cc(OC)c(OC)cc2[C@@H]1CNC(=O)c1ccccc1C. The summed E-state index contributed by atoms with van der Waals surface area (Å²) in [6, 6.07) is 11.8. The number of carbonyl (C=O) groups excluding carboxylic acids is 1. The van der Waals surface area contributed by atoms with Gasteiger partial charge in [0.2, 0.25) is 0 Å². The smallest absolute Gasteiger partial charge is 0.251 e. The summed E-state index contributed by atoms with van der Waals surface area (Å²) in [7, 11) is 3.29. The Hall–Kier alpha value is -2.79. The summed E-state index contributed by atoms with van der Waals surface area (Å²) in [5.74, 6) is 1.39. The van der Waals surface area contributed by atoms with Crippen molar-refractivity contribution in [3.05, 3.63) is 71.3 Å². The molecular formula is C23H28N2O3. The molecule has 0 bridgehead atoms. The monoisotopic (exact) mass is 380 g/mol. The van der Waals surface area contributed by atoms with E-state index in [-0.39, 0.29) is 11.9 Å². The van der Waals surface area contributed by atoms with Crippen LogP contribution < -0.4 is 14.8 Å². The third-order valence-electron chi connectivity index (χ3n) is 5.32. The van der Waals surface area contributed by atoms with Gasteiger partial charge in [0.1, 0.15) is 0 Å². The van der Waals surface area contributed by atoms with Crippen molar-refractivity contribution in [1.82, 2.24) is 10.2 Å². The molecule has 2 aromatic carbocycles. The Kier molecular flexibility index (Phi) is 6.37. The Labute approximate surface area is 167 Å². The van der Waals surface area contributed by atoms with E-state index in [4.69, 9.17) is 9.47 Å². The fraction of sp³-hybridized carbons (Fsp3) is 0.348. The van der Waals surface area contributed by atoms with Gasteiger partial charge in [0.05, 0.1) is 20.3 Å². The van der Waals surface area contributed by atoms with Gasteiger partial charge in [-0.15, -0.1) is 6.58 Å². The van der Waals surface area contributed by atoms with Crippen molar-refractivity contribution in [2.45, 2.75) is 19.4 Å². The number of carbonyl (C=O) groups is 1. The van der Waals surface area contributed by atoms with Crippen LogP contribution in [0.4, 0.5) is 0 Å². The number of rotatable bonds is 7. The number of nitrogens with one attached hydrogen (secondary N) is 1. The zero-order chi connectivity index (χ0) is 20.1. The molecule has 0 aliphatic carbocycles. The summed E-state index contributed by atoms with van der Waals surface area (Å²) in [6.45, 7) is 8.02. The van der Waals surface area contributed by atoms with Gasteiger partial charge in [0.25, 0.3) is 5.91 Å². The Balaban J connectivity index is 1.87. The topological polar surface area (TPSA) is 50.8 Å². The molecule has 5 nitrogen and oxygen atoms in total. The Bertz CT molecular complexity index is 863. The lowest BCUT2D eigenvalue weighted by molar-refractivity contribution is 0.0932. The van der Waals surface area contributed by atoms with Gasteiger partial charge < -0.3 is 14.8 Å². The molecule has 5 heteroatoms. The number of amides is 1. The number of methoxy groups -OCH3 is 2. The quantitative estimate of drug-likeness (QED) is 0.747. The van der Waals surface area contributed by atoms with E-state index in [1.54, 1.807) is 14.2 Å². The highest BCUT2D eigenvalue weighted by molar-refractivity contribution is 5.95. The van der Waals surface area contributed by atoms with Crippen molar-refractivity contribution in [1.29, 1.82) is 0 Å². The van der Waals surface area contributed by atoms with Crippen LogP contribution in [0.5, 0.6) is 11.5 Å². The van der Waals surface area contributed by atoms with Crippen molar-refractivity contribution >= 4 is 5.91 Å². The molecule has 1 amide bonds. The Morgan fingerprint density at radius 3 is 2.64 bits per heavy atom. The standard InChI is InChI=1S/C23H28N2O3/c1-5-11-25-12-10-17-13-21(27-3)22(28-4)14-19(17)20(25)15-24-23(26)18-9-7-6-8-16(18)2/h5-9,13-14,20H,1,10-12,15H2,2-4H3,(H,24,26)/t20-/m0/s1. The molecule has 0 aromatic heterocycles. The molecule has 3 rings (SSSR count). The van der Waals surface area contributed by atoms with Crippen LogP contribution in [0.1, 0.15) is 33.1 Å². The van der Waals surface area contributed by atoms with E-state index in [0.29, 0.717) is 17.9 Å². The molecule has 0 radical (unpaired) electrons. The van der Waals surface area contributed by atoms with E-state index >= 15 is 0 Å². The highest BCUT2D eigenvalue weighted by Crippen LogP contribution is 2.37. The van der Waals surface area contributed by atoms with Gasteiger partial charge in [-0.2, -0.15) is 0 Å². The van der Waals surface area contributed by atoms with Gasteiger partial charge in [0.15, 0.2) is 11.5 Å². The molecule has 1 atom stereocenters. The van der Waals surface area contributed by atoms with E-state index in [0.717, 1.165) is 36.4 Å². The Morgan fingerprint density at radius 1 is 1.25 bits per heavy atom. The maximum Gasteiger partial charge on any atom is 0.251 e. The maximum atomic E-state index is 12.7. The summed E-state index contributed by atoms with van der Waals surface area (Å²) in [6.07, 6.45) is 2.83. The van der Waals surface area contributed by atoms with Gasteiger partial charge in [-0.3, -0.25) is 9.69 Å². The van der Waals surface area contributed by atoms with Gasteiger partial charge in [0, 0.05) is 25.2 Å². The van der Waals surface area contributed by atoms with Crippen molar-refractivity contribution in [2.75, 3.05) is 33.9 Å². The van der Waals surface area contributed by atoms with E-state index < -0.39 is 0 Å². The molecule has 2 aromatic rings. The molecule has 1 heterocycles. The van der Waals surface area contributed by atoms with Crippen LogP contribution in [0.2, 0.25) is 0 Å². The van der Waals surface area contributed by atoms with E-state index in [1.165, 1.54) is 5.56 Å². The molecule has 0 fully saturated rings. The molecule has 0 unspecified atom stereocenters. The molecular weight excluding hydrogens is 352 g/mol. The maximum absolute atomic E-state index is 12.7. The molecule has 148 valence electrons. The fourth-order valence-electron chi connectivity index (χ4n) is 3.82. The van der Waals surface area contributed by atoms with Crippen molar-refractivity contribution in [3.63, 3.8) is 0 Å². The van der Waals surface area contributed by atoms with Crippen LogP contribution in [-0.2, 0) is 6.42 Å².